The predicted molar refractivity (Wildman–Crippen MR) is 120 cm³/mol. The number of methoxy groups -OCH3 is 2. The predicted octanol–water partition coefficient (Wildman–Crippen LogP) is 1.79. The maximum atomic E-state index is 13.3. The monoisotopic (exact) mass is 464 g/mol. The number of carbonyl (C=O) groups is 1. The summed E-state index contributed by atoms with van der Waals surface area (Å²) in [5.74, 6) is -0.798. The number of benzene rings is 2. The Morgan fingerprint density at radius 2 is 1.15 bits per heavy atom. The molecule has 2 aromatic carbocycles. The van der Waals surface area contributed by atoms with Crippen molar-refractivity contribution in [2.24, 2.45) is 0 Å². The summed E-state index contributed by atoms with van der Waals surface area (Å²) in [7, 11) is 2.82. The molecule has 0 amide bonds. The molecule has 182 valence electrons. The minimum atomic E-state index is -1.62. The second kappa shape index (κ2) is 14.6. The van der Waals surface area contributed by atoms with E-state index >= 15 is 0 Å². The lowest BCUT2D eigenvalue weighted by Crippen LogP contribution is -2.40. The van der Waals surface area contributed by atoms with Crippen molar-refractivity contribution < 1.29 is 43.4 Å². The molecule has 0 heterocycles. The molecule has 0 spiro atoms. The zero-order valence-electron chi connectivity index (χ0n) is 19.0. The largest absolute Gasteiger partial charge is 0.491 e. The van der Waals surface area contributed by atoms with E-state index in [2.05, 4.69) is 0 Å². The van der Waals surface area contributed by atoms with Crippen molar-refractivity contribution >= 4 is 5.78 Å². The maximum absolute atomic E-state index is 13.3. The van der Waals surface area contributed by atoms with Crippen LogP contribution < -0.4 is 9.47 Å². The number of aliphatic hydroxyl groups is 2. The van der Waals surface area contributed by atoms with Gasteiger partial charge in [-0.05, 0) is 48.5 Å². The van der Waals surface area contributed by atoms with E-state index in [1.807, 2.05) is 0 Å². The normalized spacial score (nSPS) is 11.4. The van der Waals surface area contributed by atoms with E-state index < -0.39 is 5.79 Å². The van der Waals surface area contributed by atoms with Gasteiger partial charge in [0.25, 0.3) is 5.79 Å². The Bertz CT molecular complexity index is 802. The number of ether oxygens (including phenoxy) is 6. The van der Waals surface area contributed by atoms with Gasteiger partial charge in [-0.2, -0.15) is 0 Å². The number of carbonyl (C=O) groups excluding carboxylic acids is 1. The Kier molecular flexibility index (Phi) is 11.8. The van der Waals surface area contributed by atoms with Crippen molar-refractivity contribution in [3.63, 3.8) is 0 Å². The van der Waals surface area contributed by atoms with Gasteiger partial charge < -0.3 is 38.6 Å². The van der Waals surface area contributed by atoms with Crippen LogP contribution in [-0.4, -0.2) is 83.1 Å². The summed E-state index contributed by atoms with van der Waals surface area (Å²) in [5.41, 5.74) is 0.909. The van der Waals surface area contributed by atoms with E-state index in [0.29, 0.717) is 49.1 Å². The first-order valence-corrected chi connectivity index (χ1v) is 10.6. The summed E-state index contributed by atoms with van der Waals surface area (Å²) in [5, 5.41) is 17.4. The van der Waals surface area contributed by atoms with Crippen molar-refractivity contribution in [3.8, 4) is 11.5 Å². The van der Waals surface area contributed by atoms with Crippen LogP contribution in [0.4, 0.5) is 0 Å². The second-order valence-electron chi connectivity index (χ2n) is 6.77. The number of ketones is 1. The first-order chi connectivity index (χ1) is 16.1. The van der Waals surface area contributed by atoms with Gasteiger partial charge in [0.2, 0.25) is 5.78 Å². The van der Waals surface area contributed by atoms with Crippen molar-refractivity contribution in [1.29, 1.82) is 0 Å². The third-order valence-electron chi connectivity index (χ3n) is 4.69. The third-order valence-corrected chi connectivity index (χ3v) is 4.69. The van der Waals surface area contributed by atoms with Gasteiger partial charge in [-0.1, -0.05) is 0 Å². The minimum Gasteiger partial charge on any atom is -0.491 e. The molecular formula is C24H32O9. The highest BCUT2D eigenvalue weighted by Gasteiger charge is 2.41. The van der Waals surface area contributed by atoms with Crippen LogP contribution in [0, 0.1) is 0 Å². The van der Waals surface area contributed by atoms with E-state index in [0.717, 1.165) is 0 Å². The lowest BCUT2D eigenvalue weighted by Gasteiger charge is -2.30. The SMILES string of the molecule is COC(OC)(C(=O)c1ccc(OCCOCCO)cc1)c1ccc(OCCOCCO)cc1. The van der Waals surface area contributed by atoms with Crippen molar-refractivity contribution in [1.82, 2.24) is 0 Å². The van der Waals surface area contributed by atoms with Crippen molar-refractivity contribution in [3.05, 3.63) is 59.7 Å². The average molecular weight is 465 g/mol. The zero-order chi connectivity index (χ0) is 23.9. The number of hydrogen-bond donors (Lipinski definition) is 2. The molecule has 0 aromatic heterocycles. The number of aliphatic hydroxyl groups excluding tert-OH is 2. The molecule has 0 unspecified atom stereocenters. The minimum absolute atomic E-state index is 0.0328. The lowest BCUT2D eigenvalue weighted by molar-refractivity contribution is -0.176. The molecule has 2 N–H and O–H groups in total. The summed E-state index contributed by atoms with van der Waals surface area (Å²) in [6.07, 6.45) is 0. The molecule has 9 nitrogen and oxygen atoms in total. The van der Waals surface area contributed by atoms with E-state index in [1.54, 1.807) is 48.5 Å². The highest BCUT2D eigenvalue weighted by Crippen LogP contribution is 2.32. The van der Waals surface area contributed by atoms with Gasteiger partial charge in [0.1, 0.15) is 24.7 Å². The molecule has 0 aliphatic carbocycles. The number of Topliss-reactive ketones (excluding diaryl/α,β-unsaturated/α-hetero) is 1. The summed E-state index contributed by atoms with van der Waals surface area (Å²) in [6, 6.07) is 13.5. The lowest BCUT2D eigenvalue weighted by atomic mass is 9.95. The summed E-state index contributed by atoms with van der Waals surface area (Å²) in [6.45, 7) is 1.83. The van der Waals surface area contributed by atoms with Crippen LogP contribution in [-0.2, 0) is 24.7 Å². The molecule has 0 saturated heterocycles. The zero-order valence-corrected chi connectivity index (χ0v) is 19.0. The van der Waals surface area contributed by atoms with Crippen LogP contribution in [0.2, 0.25) is 0 Å². The van der Waals surface area contributed by atoms with Gasteiger partial charge in [-0.15, -0.1) is 0 Å². The Balaban J connectivity index is 2.04. The van der Waals surface area contributed by atoms with Crippen LogP contribution in [0.25, 0.3) is 0 Å². The third kappa shape index (κ3) is 7.78. The van der Waals surface area contributed by atoms with E-state index in [9.17, 15) is 4.79 Å². The second-order valence-corrected chi connectivity index (χ2v) is 6.77. The van der Waals surface area contributed by atoms with E-state index in [-0.39, 0.29) is 32.2 Å². The number of hydrogen-bond acceptors (Lipinski definition) is 9. The topological polar surface area (TPSA) is 113 Å². The maximum Gasteiger partial charge on any atom is 0.260 e. The highest BCUT2D eigenvalue weighted by atomic mass is 16.7. The average Bonchev–Trinajstić information content (AvgIpc) is 2.86. The molecule has 0 radical (unpaired) electrons. The number of rotatable bonds is 17. The molecule has 0 aliphatic heterocycles. The van der Waals surface area contributed by atoms with Crippen molar-refractivity contribution in [2.75, 3.05) is 67.1 Å². The van der Waals surface area contributed by atoms with Crippen LogP contribution in [0.1, 0.15) is 15.9 Å². The fraction of sp³-hybridized carbons (Fsp3) is 0.458. The molecule has 33 heavy (non-hydrogen) atoms. The van der Waals surface area contributed by atoms with E-state index in [1.165, 1.54) is 14.2 Å². The van der Waals surface area contributed by atoms with Gasteiger partial charge in [-0.25, -0.2) is 0 Å². The summed E-state index contributed by atoms with van der Waals surface area (Å²) in [4.78, 5) is 13.3. The van der Waals surface area contributed by atoms with Crippen LogP contribution in [0.5, 0.6) is 11.5 Å². The smallest absolute Gasteiger partial charge is 0.260 e. The Morgan fingerprint density at radius 1 is 0.697 bits per heavy atom. The van der Waals surface area contributed by atoms with Gasteiger partial charge >= 0.3 is 0 Å². The first kappa shape index (κ1) is 26.7. The van der Waals surface area contributed by atoms with Gasteiger partial charge in [0.15, 0.2) is 0 Å². The Hall–Kier alpha value is -2.53. The molecule has 2 aromatic rings. The first-order valence-electron chi connectivity index (χ1n) is 10.6. The Morgan fingerprint density at radius 3 is 1.58 bits per heavy atom. The molecule has 9 heteroatoms. The molecule has 0 atom stereocenters. The molecule has 0 bridgehead atoms. The standard InChI is InChI=1S/C24H32O9/c1-28-24(29-2,20-5-9-22(10-6-20)33-18-16-31-14-12-26)23(27)19-3-7-21(8-4-19)32-17-15-30-13-11-25/h3-10,25-26H,11-18H2,1-2H3. The van der Waals surface area contributed by atoms with E-state index in [4.69, 9.17) is 38.6 Å². The van der Waals surface area contributed by atoms with Crippen LogP contribution in [0.3, 0.4) is 0 Å². The van der Waals surface area contributed by atoms with Crippen LogP contribution >= 0.6 is 0 Å². The summed E-state index contributed by atoms with van der Waals surface area (Å²) < 4.78 is 32.6. The molecule has 0 aliphatic rings. The van der Waals surface area contributed by atoms with Crippen molar-refractivity contribution in [2.45, 2.75) is 5.79 Å². The van der Waals surface area contributed by atoms with Gasteiger partial charge in [0.05, 0.1) is 39.6 Å². The summed E-state index contributed by atoms with van der Waals surface area (Å²) >= 11 is 0. The fourth-order valence-electron chi connectivity index (χ4n) is 3.07. The Labute approximate surface area is 193 Å². The highest BCUT2D eigenvalue weighted by molar-refractivity contribution is 6.02. The molecule has 2 rings (SSSR count). The fourth-order valence-corrected chi connectivity index (χ4v) is 3.07. The van der Waals surface area contributed by atoms with Gasteiger partial charge in [0, 0.05) is 25.3 Å². The van der Waals surface area contributed by atoms with Gasteiger partial charge in [-0.3, -0.25) is 4.79 Å². The molecule has 0 fully saturated rings. The molecular weight excluding hydrogens is 432 g/mol. The molecule has 0 saturated carbocycles. The quantitative estimate of drug-likeness (QED) is 0.205. The van der Waals surface area contributed by atoms with Crippen LogP contribution in [0.15, 0.2) is 48.5 Å².